The summed E-state index contributed by atoms with van der Waals surface area (Å²) in [7, 11) is 1.67. The SMILES string of the molecule is Cc1cccc(Cn2c(=O)c3c(nc4n(C[C@H]5CCCO5)c(C)cn34)n(C)c2=O)c1. The van der Waals surface area contributed by atoms with E-state index in [1.54, 1.807) is 7.05 Å². The molecule has 30 heavy (non-hydrogen) atoms. The molecule has 8 heteroatoms. The van der Waals surface area contributed by atoms with E-state index in [1.165, 1.54) is 9.13 Å². The average Bonchev–Trinajstić information content (AvgIpc) is 3.42. The van der Waals surface area contributed by atoms with E-state index in [2.05, 4.69) is 9.55 Å². The highest BCUT2D eigenvalue weighted by Crippen LogP contribution is 2.20. The summed E-state index contributed by atoms with van der Waals surface area (Å²) in [6, 6.07) is 7.85. The Bertz CT molecular complexity index is 1380. The molecule has 1 aliphatic rings. The molecule has 0 unspecified atom stereocenters. The third-order valence-corrected chi connectivity index (χ3v) is 5.97. The van der Waals surface area contributed by atoms with Crippen LogP contribution in [0.4, 0.5) is 0 Å². The van der Waals surface area contributed by atoms with Crippen molar-refractivity contribution in [3.05, 3.63) is 68.1 Å². The zero-order valence-electron chi connectivity index (χ0n) is 17.5. The number of ether oxygens (including phenoxy) is 1. The molecule has 8 nitrogen and oxygen atoms in total. The second kappa shape index (κ2) is 6.98. The van der Waals surface area contributed by atoms with Crippen molar-refractivity contribution in [2.45, 2.75) is 45.9 Å². The summed E-state index contributed by atoms with van der Waals surface area (Å²) in [6.07, 6.45) is 4.16. The van der Waals surface area contributed by atoms with Gasteiger partial charge in [-0.05, 0) is 32.3 Å². The lowest BCUT2D eigenvalue weighted by Crippen LogP contribution is -2.39. The fraction of sp³-hybridized carbons (Fsp3) is 0.409. The third kappa shape index (κ3) is 2.90. The number of aromatic nitrogens is 5. The number of fused-ring (bicyclic) bond motifs is 3. The summed E-state index contributed by atoms with van der Waals surface area (Å²) in [5.41, 5.74) is 3.16. The Labute approximate surface area is 173 Å². The van der Waals surface area contributed by atoms with Gasteiger partial charge in [-0.1, -0.05) is 29.8 Å². The molecular formula is C22H25N5O3. The largest absolute Gasteiger partial charge is 0.376 e. The number of nitrogens with zero attached hydrogens (tertiary/aromatic N) is 5. The highest BCUT2D eigenvalue weighted by atomic mass is 16.5. The summed E-state index contributed by atoms with van der Waals surface area (Å²) in [5, 5.41) is 0. The second-order valence-electron chi connectivity index (χ2n) is 8.19. The number of rotatable bonds is 4. The van der Waals surface area contributed by atoms with Crippen molar-refractivity contribution >= 4 is 16.9 Å². The van der Waals surface area contributed by atoms with Gasteiger partial charge in [0, 0.05) is 25.5 Å². The molecule has 0 amide bonds. The van der Waals surface area contributed by atoms with Gasteiger partial charge < -0.3 is 9.30 Å². The van der Waals surface area contributed by atoms with E-state index >= 15 is 0 Å². The first-order valence-electron chi connectivity index (χ1n) is 10.3. The average molecular weight is 407 g/mol. The fourth-order valence-corrected chi connectivity index (χ4v) is 4.41. The van der Waals surface area contributed by atoms with Gasteiger partial charge in [0.1, 0.15) is 0 Å². The normalized spacial score (nSPS) is 16.8. The van der Waals surface area contributed by atoms with Crippen molar-refractivity contribution in [1.82, 2.24) is 23.1 Å². The minimum absolute atomic E-state index is 0.154. The zero-order chi connectivity index (χ0) is 21.0. The molecule has 1 fully saturated rings. The Morgan fingerprint density at radius 2 is 2.03 bits per heavy atom. The lowest BCUT2D eigenvalue weighted by molar-refractivity contribution is 0.0974. The van der Waals surface area contributed by atoms with Crippen molar-refractivity contribution in [2.75, 3.05) is 6.61 Å². The van der Waals surface area contributed by atoms with Crippen molar-refractivity contribution in [2.24, 2.45) is 7.05 Å². The van der Waals surface area contributed by atoms with Gasteiger partial charge in [-0.15, -0.1) is 0 Å². The van der Waals surface area contributed by atoms with Gasteiger partial charge in [0.2, 0.25) is 5.78 Å². The number of benzene rings is 1. The summed E-state index contributed by atoms with van der Waals surface area (Å²) in [5.74, 6) is 0.665. The van der Waals surface area contributed by atoms with E-state index in [0.717, 1.165) is 36.3 Å². The Morgan fingerprint density at radius 1 is 1.20 bits per heavy atom. The summed E-state index contributed by atoms with van der Waals surface area (Å²) < 4.78 is 12.4. The van der Waals surface area contributed by atoms with Gasteiger partial charge >= 0.3 is 5.69 Å². The molecule has 0 spiro atoms. The first-order valence-corrected chi connectivity index (χ1v) is 10.3. The maximum Gasteiger partial charge on any atom is 0.332 e. The van der Waals surface area contributed by atoms with Crippen LogP contribution in [0.15, 0.2) is 40.1 Å². The molecular weight excluding hydrogens is 382 g/mol. The van der Waals surface area contributed by atoms with Crippen LogP contribution in [0.5, 0.6) is 0 Å². The maximum absolute atomic E-state index is 13.4. The quantitative estimate of drug-likeness (QED) is 0.519. The highest BCUT2D eigenvalue weighted by molar-refractivity contribution is 5.75. The van der Waals surface area contributed by atoms with Crippen LogP contribution in [0.2, 0.25) is 0 Å². The molecule has 0 aliphatic carbocycles. The monoisotopic (exact) mass is 407 g/mol. The molecule has 1 aliphatic heterocycles. The van der Waals surface area contributed by atoms with E-state index < -0.39 is 0 Å². The Balaban J connectivity index is 1.69. The number of hydrogen-bond acceptors (Lipinski definition) is 4. The van der Waals surface area contributed by atoms with Gasteiger partial charge in [-0.2, -0.15) is 4.98 Å². The summed E-state index contributed by atoms with van der Waals surface area (Å²) >= 11 is 0. The van der Waals surface area contributed by atoms with Crippen LogP contribution in [0.1, 0.15) is 29.7 Å². The van der Waals surface area contributed by atoms with Crippen LogP contribution in [0.3, 0.4) is 0 Å². The van der Waals surface area contributed by atoms with Gasteiger partial charge in [0.25, 0.3) is 5.56 Å². The first-order chi connectivity index (χ1) is 14.4. The first kappa shape index (κ1) is 18.9. The van der Waals surface area contributed by atoms with Crippen molar-refractivity contribution in [3.63, 3.8) is 0 Å². The standard InChI is InChI=1S/C22H25N5O3/c1-14-6-4-7-16(10-14)12-27-20(28)18-19(24(3)22(27)29)23-21-25(15(2)11-26(18)21)13-17-8-5-9-30-17/h4,6-7,10-11,17H,5,8-9,12-13H2,1-3H3/t17-/m1/s1. The maximum atomic E-state index is 13.4. The van der Waals surface area contributed by atoms with Crippen LogP contribution in [0, 0.1) is 13.8 Å². The third-order valence-electron chi connectivity index (χ3n) is 5.97. The number of hydrogen-bond donors (Lipinski definition) is 0. The lowest BCUT2D eigenvalue weighted by atomic mass is 10.1. The molecule has 4 heterocycles. The smallest absolute Gasteiger partial charge is 0.332 e. The second-order valence-corrected chi connectivity index (χ2v) is 8.19. The van der Waals surface area contributed by atoms with Crippen LogP contribution in [-0.4, -0.2) is 35.8 Å². The molecule has 5 rings (SSSR count). The van der Waals surface area contributed by atoms with E-state index in [9.17, 15) is 9.59 Å². The van der Waals surface area contributed by atoms with Crippen LogP contribution in [-0.2, 0) is 24.9 Å². The predicted molar refractivity (Wildman–Crippen MR) is 114 cm³/mol. The molecule has 1 saturated heterocycles. The van der Waals surface area contributed by atoms with E-state index in [-0.39, 0.29) is 23.9 Å². The number of imidazole rings is 2. The Hall–Kier alpha value is -3.13. The van der Waals surface area contributed by atoms with Crippen molar-refractivity contribution in [1.29, 1.82) is 0 Å². The summed E-state index contributed by atoms with van der Waals surface area (Å²) in [4.78, 5) is 31.0. The van der Waals surface area contributed by atoms with Gasteiger partial charge in [-0.3, -0.25) is 18.3 Å². The fourth-order valence-electron chi connectivity index (χ4n) is 4.41. The van der Waals surface area contributed by atoms with Crippen LogP contribution >= 0.6 is 0 Å². The molecule has 156 valence electrons. The van der Waals surface area contributed by atoms with Gasteiger partial charge in [0.15, 0.2) is 11.2 Å². The predicted octanol–water partition coefficient (Wildman–Crippen LogP) is 1.99. The van der Waals surface area contributed by atoms with Crippen LogP contribution in [0.25, 0.3) is 16.9 Å². The van der Waals surface area contributed by atoms with E-state index in [4.69, 9.17) is 4.74 Å². The molecule has 0 N–H and O–H groups in total. The van der Waals surface area contributed by atoms with Crippen molar-refractivity contribution in [3.8, 4) is 0 Å². The van der Waals surface area contributed by atoms with Gasteiger partial charge in [-0.25, -0.2) is 4.79 Å². The summed E-state index contributed by atoms with van der Waals surface area (Å²) in [6.45, 7) is 5.70. The molecule has 1 atom stereocenters. The topological polar surface area (TPSA) is 75.5 Å². The van der Waals surface area contributed by atoms with Gasteiger partial charge in [0.05, 0.1) is 19.2 Å². The lowest BCUT2D eigenvalue weighted by Gasteiger charge is -2.11. The molecule has 0 radical (unpaired) electrons. The minimum atomic E-state index is -0.364. The molecule has 1 aromatic carbocycles. The number of aryl methyl sites for hydroxylation is 3. The molecule has 3 aromatic heterocycles. The van der Waals surface area contributed by atoms with Crippen LogP contribution < -0.4 is 11.2 Å². The molecule has 0 saturated carbocycles. The molecule has 4 aromatic rings. The Kier molecular flexibility index (Phi) is 4.39. The minimum Gasteiger partial charge on any atom is -0.376 e. The highest BCUT2D eigenvalue weighted by Gasteiger charge is 2.23. The van der Waals surface area contributed by atoms with E-state index in [0.29, 0.717) is 23.5 Å². The zero-order valence-corrected chi connectivity index (χ0v) is 17.5. The van der Waals surface area contributed by atoms with Crippen molar-refractivity contribution < 1.29 is 4.74 Å². The Morgan fingerprint density at radius 3 is 2.77 bits per heavy atom. The molecule has 0 bridgehead atoms. The van der Waals surface area contributed by atoms with E-state index in [1.807, 2.05) is 48.7 Å².